The molecular weight excluding hydrogens is 367 g/mol. The number of anilines is 1. The van der Waals surface area contributed by atoms with Crippen LogP contribution in [0.1, 0.15) is 22.8 Å². The fraction of sp³-hybridized carbons (Fsp3) is 0.300. The number of likely N-dealkylation sites (N-methyl/N-ethyl adjacent to an activating group) is 1. The topological polar surface area (TPSA) is 69.6 Å². The number of halogens is 1. The molecule has 0 aliphatic rings. The van der Waals surface area contributed by atoms with E-state index >= 15 is 0 Å². The van der Waals surface area contributed by atoms with Gasteiger partial charge in [-0.05, 0) is 48.9 Å². The zero-order chi connectivity index (χ0) is 19.6. The third kappa shape index (κ3) is 6.69. The van der Waals surface area contributed by atoms with Crippen molar-refractivity contribution in [3.05, 3.63) is 65.5 Å². The smallest absolute Gasteiger partial charge is 0.253 e. The average Bonchev–Trinajstić information content (AvgIpc) is 2.68. The molecule has 2 amide bonds. The van der Waals surface area contributed by atoms with Crippen LogP contribution in [0.3, 0.4) is 0 Å². The van der Waals surface area contributed by atoms with Crippen molar-refractivity contribution in [2.75, 3.05) is 30.8 Å². The van der Waals surface area contributed by atoms with E-state index in [2.05, 4.69) is 5.32 Å². The van der Waals surface area contributed by atoms with Crippen LogP contribution >= 0.6 is 11.8 Å². The summed E-state index contributed by atoms with van der Waals surface area (Å²) in [4.78, 5) is 25.8. The minimum atomic E-state index is -0.345. The Balaban J connectivity index is 1.80. The number of nitrogens with one attached hydrogen (secondary N) is 1. The highest BCUT2D eigenvalue weighted by Gasteiger charge is 2.13. The van der Waals surface area contributed by atoms with Crippen molar-refractivity contribution in [1.29, 1.82) is 0 Å². The number of carbonyl (C=O) groups is 2. The Bertz CT molecular complexity index is 751. The highest BCUT2D eigenvalue weighted by molar-refractivity contribution is 7.99. The molecule has 2 N–H and O–H groups in total. The van der Waals surface area contributed by atoms with Gasteiger partial charge in [-0.25, -0.2) is 4.39 Å². The monoisotopic (exact) mass is 390 g/mol. The van der Waals surface area contributed by atoms with E-state index in [-0.39, 0.29) is 30.0 Å². The standard InChI is InChI=1S/C20H23FN2O3S/c1-2-23(11-12-24)20(26)16-5-3-15(4-6-16)13-27-14-19(25)22-18-9-7-17(21)8-10-18/h3-10,24H,2,11-14H2,1H3,(H,22,25). The van der Waals surface area contributed by atoms with Crippen molar-refractivity contribution in [3.63, 3.8) is 0 Å². The Morgan fingerprint density at radius 1 is 1.11 bits per heavy atom. The summed E-state index contributed by atoms with van der Waals surface area (Å²) in [5.74, 6) is 0.311. The second-order valence-corrected chi connectivity index (χ2v) is 6.84. The molecule has 0 unspecified atom stereocenters. The van der Waals surface area contributed by atoms with Crippen LogP contribution in [0.2, 0.25) is 0 Å². The Morgan fingerprint density at radius 3 is 2.37 bits per heavy atom. The van der Waals surface area contributed by atoms with Gasteiger partial charge in [0.05, 0.1) is 12.4 Å². The molecule has 2 aromatic carbocycles. The number of aliphatic hydroxyl groups excluding tert-OH is 1. The number of thioether (sulfide) groups is 1. The van der Waals surface area contributed by atoms with Gasteiger partial charge in [0, 0.05) is 30.1 Å². The molecule has 0 spiro atoms. The molecule has 0 bridgehead atoms. The van der Waals surface area contributed by atoms with Crippen molar-refractivity contribution >= 4 is 29.3 Å². The summed E-state index contributed by atoms with van der Waals surface area (Å²) in [7, 11) is 0. The highest BCUT2D eigenvalue weighted by atomic mass is 32.2. The summed E-state index contributed by atoms with van der Waals surface area (Å²) in [5, 5.41) is 11.7. The largest absolute Gasteiger partial charge is 0.395 e. The molecule has 0 aliphatic heterocycles. The first kappa shape index (κ1) is 20.9. The molecule has 0 atom stereocenters. The minimum absolute atomic E-state index is 0.0612. The maximum Gasteiger partial charge on any atom is 0.253 e. The van der Waals surface area contributed by atoms with Gasteiger partial charge in [0.15, 0.2) is 0 Å². The molecule has 0 heterocycles. The first-order chi connectivity index (χ1) is 13.0. The molecular formula is C20H23FN2O3S. The lowest BCUT2D eigenvalue weighted by Gasteiger charge is -2.19. The van der Waals surface area contributed by atoms with Crippen LogP contribution in [0.25, 0.3) is 0 Å². The third-order valence-electron chi connectivity index (χ3n) is 3.87. The fourth-order valence-electron chi connectivity index (χ4n) is 2.44. The van der Waals surface area contributed by atoms with Crippen molar-refractivity contribution in [1.82, 2.24) is 4.90 Å². The summed E-state index contributed by atoms with van der Waals surface area (Å²) in [5.41, 5.74) is 2.15. The number of benzene rings is 2. The molecule has 0 aliphatic carbocycles. The van der Waals surface area contributed by atoms with Gasteiger partial charge in [0.2, 0.25) is 5.91 Å². The van der Waals surface area contributed by atoms with Gasteiger partial charge < -0.3 is 15.3 Å². The molecule has 27 heavy (non-hydrogen) atoms. The normalized spacial score (nSPS) is 10.5. The van der Waals surface area contributed by atoms with Crippen LogP contribution < -0.4 is 5.32 Å². The highest BCUT2D eigenvalue weighted by Crippen LogP contribution is 2.15. The first-order valence-corrected chi connectivity index (χ1v) is 9.81. The van der Waals surface area contributed by atoms with Crippen LogP contribution in [0, 0.1) is 5.82 Å². The molecule has 5 nitrogen and oxygen atoms in total. The molecule has 7 heteroatoms. The third-order valence-corrected chi connectivity index (χ3v) is 4.87. The summed E-state index contributed by atoms with van der Waals surface area (Å²) in [6.45, 7) is 2.67. The van der Waals surface area contributed by atoms with E-state index in [0.29, 0.717) is 30.1 Å². The summed E-state index contributed by atoms with van der Waals surface area (Å²) in [6.07, 6.45) is 0. The lowest BCUT2D eigenvalue weighted by Crippen LogP contribution is -2.33. The average molecular weight is 390 g/mol. The SMILES string of the molecule is CCN(CCO)C(=O)c1ccc(CSCC(=O)Nc2ccc(F)cc2)cc1. The van der Waals surface area contributed by atoms with E-state index in [0.717, 1.165) is 5.56 Å². The molecule has 2 aromatic rings. The number of hydrogen-bond donors (Lipinski definition) is 2. The van der Waals surface area contributed by atoms with Crippen LogP contribution in [-0.2, 0) is 10.5 Å². The molecule has 0 fully saturated rings. The second-order valence-electron chi connectivity index (χ2n) is 5.85. The number of nitrogens with zero attached hydrogens (tertiary/aromatic N) is 1. The molecule has 144 valence electrons. The van der Waals surface area contributed by atoms with Gasteiger partial charge in [0.1, 0.15) is 5.82 Å². The van der Waals surface area contributed by atoms with E-state index in [1.54, 1.807) is 17.0 Å². The zero-order valence-corrected chi connectivity index (χ0v) is 16.0. The molecule has 0 saturated carbocycles. The predicted molar refractivity (Wildman–Crippen MR) is 106 cm³/mol. The molecule has 0 saturated heterocycles. The van der Waals surface area contributed by atoms with Gasteiger partial charge in [-0.3, -0.25) is 9.59 Å². The van der Waals surface area contributed by atoms with Crippen molar-refractivity contribution < 1.29 is 19.1 Å². The number of aliphatic hydroxyl groups is 1. The maximum absolute atomic E-state index is 12.8. The Morgan fingerprint density at radius 2 is 1.78 bits per heavy atom. The van der Waals surface area contributed by atoms with Crippen molar-refractivity contribution in [2.45, 2.75) is 12.7 Å². The van der Waals surface area contributed by atoms with E-state index in [1.807, 2.05) is 19.1 Å². The maximum atomic E-state index is 12.8. The van der Waals surface area contributed by atoms with Crippen LogP contribution in [0.5, 0.6) is 0 Å². The number of hydrogen-bond acceptors (Lipinski definition) is 4. The van der Waals surface area contributed by atoms with Gasteiger partial charge in [-0.1, -0.05) is 12.1 Å². The lowest BCUT2D eigenvalue weighted by atomic mass is 10.1. The fourth-order valence-corrected chi connectivity index (χ4v) is 3.23. The molecule has 2 rings (SSSR count). The summed E-state index contributed by atoms with van der Waals surface area (Å²) >= 11 is 1.46. The van der Waals surface area contributed by atoms with E-state index in [1.165, 1.54) is 36.0 Å². The minimum Gasteiger partial charge on any atom is -0.395 e. The van der Waals surface area contributed by atoms with E-state index < -0.39 is 0 Å². The van der Waals surface area contributed by atoms with Crippen LogP contribution in [0.15, 0.2) is 48.5 Å². The van der Waals surface area contributed by atoms with Crippen LogP contribution in [0.4, 0.5) is 10.1 Å². The van der Waals surface area contributed by atoms with E-state index in [9.17, 15) is 14.0 Å². The van der Waals surface area contributed by atoms with E-state index in [4.69, 9.17) is 5.11 Å². The van der Waals surface area contributed by atoms with Gasteiger partial charge in [-0.15, -0.1) is 11.8 Å². The van der Waals surface area contributed by atoms with Crippen molar-refractivity contribution in [2.24, 2.45) is 0 Å². The first-order valence-electron chi connectivity index (χ1n) is 8.65. The number of amides is 2. The van der Waals surface area contributed by atoms with Gasteiger partial charge in [0.25, 0.3) is 5.91 Å². The van der Waals surface area contributed by atoms with Crippen LogP contribution in [-0.4, -0.2) is 47.3 Å². The summed E-state index contributed by atoms with van der Waals surface area (Å²) < 4.78 is 12.8. The second kappa shape index (κ2) is 10.7. The quantitative estimate of drug-likeness (QED) is 0.690. The predicted octanol–water partition coefficient (Wildman–Crippen LogP) is 3.15. The number of carbonyl (C=O) groups excluding carboxylic acids is 2. The Labute approximate surface area is 162 Å². The lowest BCUT2D eigenvalue weighted by molar-refractivity contribution is -0.113. The zero-order valence-electron chi connectivity index (χ0n) is 15.2. The Hall–Kier alpha value is -2.38. The Kier molecular flexibility index (Phi) is 8.29. The van der Waals surface area contributed by atoms with Crippen molar-refractivity contribution in [3.8, 4) is 0 Å². The number of rotatable bonds is 9. The molecule has 0 radical (unpaired) electrons. The van der Waals surface area contributed by atoms with Gasteiger partial charge >= 0.3 is 0 Å². The molecule has 0 aromatic heterocycles. The summed E-state index contributed by atoms with van der Waals surface area (Å²) in [6, 6.07) is 12.9. The van der Waals surface area contributed by atoms with Gasteiger partial charge in [-0.2, -0.15) is 0 Å².